The summed E-state index contributed by atoms with van der Waals surface area (Å²) in [6.07, 6.45) is 5.94. The minimum atomic E-state index is -1.09. The van der Waals surface area contributed by atoms with Crippen molar-refractivity contribution >= 4 is 17.6 Å². The van der Waals surface area contributed by atoms with Crippen LogP contribution >= 0.6 is 11.6 Å². The zero-order valence-electron chi connectivity index (χ0n) is 18.1. The third-order valence-corrected chi connectivity index (χ3v) is 5.73. The number of rotatable bonds is 8. The second-order valence-electron chi connectivity index (χ2n) is 8.07. The summed E-state index contributed by atoms with van der Waals surface area (Å²) in [4.78, 5) is 7.14. The van der Waals surface area contributed by atoms with E-state index in [9.17, 15) is 5.11 Å². The Kier molecular flexibility index (Phi) is 7.75. The lowest BCUT2D eigenvalue weighted by Crippen LogP contribution is -2.43. The predicted octanol–water partition coefficient (Wildman–Crippen LogP) is 2.67. The molecule has 0 bridgehead atoms. The first-order chi connectivity index (χ1) is 14.4. The highest BCUT2D eigenvalue weighted by Crippen LogP contribution is 2.26. The molecule has 164 valence electrons. The van der Waals surface area contributed by atoms with E-state index in [1.807, 2.05) is 38.4 Å². The van der Waals surface area contributed by atoms with Gasteiger partial charge in [-0.15, -0.1) is 0 Å². The first-order valence-corrected chi connectivity index (χ1v) is 11.0. The van der Waals surface area contributed by atoms with E-state index < -0.39 is 5.60 Å². The van der Waals surface area contributed by atoms with Crippen molar-refractivity contribution in [1.29, 1.82) is 0 Å². The van der Waals surface area contributed by atoms with Gasteiger partial charge in [0.2, 0.25) is 0 Å². The molecule has 0 radical (unpaired) electrons. The number of guanidine groups is 1. The van der Waals surface area contributed by atoms with Gasteiger partial charge in [-0.2, -0.15) is 5.10 Å². The monoisotopic (exact) mass is 432 g/mol. The van der Waals surface area contributed by atoms with E-state index in [-0.39, 0.29) is 12.6 Å². The third kappa shape index (κ3) is 5.97. The van der Waals surface area contributed by atoms with Crippen molar-refractivity contribution < 1.29 is 5.11 Å². The molecule has 0 amide bonds. The van der Waals surface area contributed by atoms with E-state index in [1.54, 1.807) is 17.8 Å². The number of hydrogen-bond donors (Lipinski definition) is 3. The summed E-state index contributed by atoms with van der Waals surface area (Å²) in [5.41, 5.74) is 0.867. The third-order valence-electron chi connectivity index (χ3n) is 5.49. The van der Waals surface area contributed by atoms with Gasteiger partial charge in [0.05, 0.1) is 18.8 Å². The smallest absolute Gasteiger partial charge is 0.191 e. The van der Waals surface area contributed by atoms with Crippen LogP contribution in [0.5, 0.6) is 0 Å². The number of likely N-dealkylation sites (tertiary alicyclic amines) is 1. The molecule has 2 atom stereocenters. The lowest BCUT2D eigenvalue weighted by atomic mass is 10.0. The van der Waals surface area contributed by atoms with Crippen molar-refractivity contribution in [1.82, 2.24) is 25.3 Å². The lowest BCUT2D eigenvalue weighted by molar-refractivity contribution is 0.0671. The Morgan fingerprint density at radius 1 is 1.33 bits per heavy atom. The summed E-state index contributed by atoms with van der Waals surface area (Å²) < 4.78 is 1.68. The molecule has 1 aliphatic rings. The van der Waals surface area contributed by atoms with Gasteiger partial charge in [-0.1, -0.05) is 23.7 Å². The average Bonchev–Trinajstić information content (AvgIpc) is 3.39. The number of nitrogens with zero attached hydrogens (tertiary/aromatic N) is 4. The number of aryl methyl sites for hydroxylation is 1. The highest BCUT2D eigenvalue weighted by Gasteiger charge is 2.26. The predicted molar refractivity (Wildman–Crippen MR) is 122 cm³/mol. The number of benzene rings is 1. The summed E-state index contributed by atoms with van der Waals surface area (Å²) in [7, 11) is 1.84. The van der Waals surface area contributed by atoms with E-state index in [4.69, 9.17) is 11.6 Å². The van der Waals surface area contributed by atoms with E-state index in [1.165, 1.54) is 18.4 Å². The Labute approximate surface area is 184 Å². The maximum atomic E-state index is 10.8. The molecular formula is C22H33ClN6O. The maximum Gasteiger partial charge on any atom is 0.191 e. The van der Waals surface area contributed by atoms with Gasteiger partial charge >= 0.3 is 0 Å². The van der Waals surface area contributed by atoms with Crippen molar-refractivity contribution in [3.8, 4) is 0 Å². The van der Waals surface area contributed by atoms with Gasteiger partial charge in [0.1, 0.15) is 5.60 Å². The van der Waals surface area contributed by atoms with Gasteiger partial charge in [-0.25, -0.2) is 4.99 Å². The lowest BCUT2D eigenvalue weighted by Gasteiger charge is -2.29. The van der Waals surface area contributed by atoms with Gasteiger partial charge in [-0.05, 0) is 57.5 Å². The fourth-order valence-electron chi connectivity index (χ4n) is 3.78. The van der Waals surface area contributed by atoms with Crippen molar-refractivity contribution in [2.75, 3.05) is 32.7 Å². The molecule has 1 aliphatic heterocycles. The number of nitrogens with one attached hydrogen (secondary N) is 2. The van der Waals surface area contributed by atoms with Crippen LogP contribution in [0.4, 0.5) is 0 Å². The minimum absolute atomic E-state index is 0.217. The molecule has 3 rings (SSSR count). The fraction of sp³-hybridized carbons (Fsp3) is 0.545. The Bertz CT molecular complexity index is 844. The van der Waals surface area contributed by atoms with Crippen LogP contribution < -0.4 is 10.6 Å². The largest absolute Gasteiger partial charge is 0.383 e. The van der Waals surface area contributed by atoms with Crippen molar-refractivity contribution in [3.63, 3.8) is 0 Å². The highest BCUT2D eigenvalue weighted by atomic mass is 35.5. The molecule has 0 saturated carbocycles. The van der Waals surface area contributed by atoms with Gasteiger partial charge in [0.25, 0.3) is 0 Å². The number of aliphatic hydroxyl groups is 1. The quantitative estimate of drug-likeness (QED) is 0.441. The zero-order chi connectivity index (χ0) is 21.6. The molecule has 2 aromatic rings. The molecule has 2 heterocycles. The molecule has 1 saturated heterocycles. The molecular weight excluding hydrogens is 400 g/mol. The van der Waals surface area contributed by atoms with Crippen LogP contribution in [0.2, 0.25) is 5.02 Å². The number of aromatic nitrogens is 2. The number of halogens is 1. The summed E-state index contributed by atoms with van der Waals surface area (Å²) in [5.74, 6) is 0.688. The zero-order valence-corrected chi connectivity index (χ0v) is 18.9. The van der Waals surface area contributed by atoms with Crippen LogP contribution in [0, 0.1) is 0 Å². The molecule has 7 nitrogen and oxygen atoms in total. The Morgan fingerprint density at radius 2 is 2.10 bits per heavy atom. The van der Waals surface area contributed by atoms with Gasteiger partial charge < -0.3 is 15.7 Å². The number of hydrogen-bond acceptors (Lipinski definition) is 4. The van der Waals surface area contributed by atoms with E-state index >= 15 is 0 Å². The summed E-state index contributed by atoms with van der Waals surface area (Å²) in [6, 6.07) is 8.31. The van der Waals surface area contributed by atoms with Gasteiger partial charge in [0.15, 0.2) is 5.96 Å². The second kappa shape index (κ2) is 10.3. The van der Waals surface area contributed by atoms with Crippen molar-refractivity contribution in [2.45, 2.75) is 38.3 Å². The van der Waals surface area contributed by atoms with Crippen LogP contribution in [-0.4, -0.2) is 58.5 Å². The molecule has 8 heteroatoms. The fourth-order valence-corrected chi connectivity index (χ4v) is 3.98. The molecule has 30 heavy (non-hydrogen) atoms. The van der Waals surface area contributed by atoms with E-state index in [2.05, 4.69) is 31.7 Å². The highest BCUT2D eigenvalue weighted by molar-refractivity contribution is 6.30. The van der Waals surface area contributed by atoms with Crippen LogP contribution in [0.15, 0.2) is 41.7 Å². The topological polar surface area (TPSA) is 77.7 Å². The molecule has 2 unspecified atom stereocenters. The molecule has 0 spiro atoms. The molecule has 1 fully saturated rings. The molecule has 0 aliphatic carbocycles. The molecule has 3 N–H and O–H groups in total. The summed E-state index contributed by atoms with van der Waals surface area (Å²) in [5, 5.41) is 22.5. The summed E-state index contributed by atoms with van der Waals surface area (Å²) in [6.45, 7) is 7.65. The van der Waals surface area contributed by atoms with Gasteiger partial charge in [-0.3, -0.25) is 9.58 Å². The standard InChI is InChI=1S/C22H33ClN6O/c1-4-24-21(26-16-22(2,30)18-13-27-28(3)15-18)25-14-20(29-10-5-6-11-29)17-8-7-9-19(23)12-17/h7-9,12-13,15,20,30H,4-6,10-11,14,16H2,1-3H3,(H2,24,25,26). The Hall–Kier alpha value is -2.09. The van der Waals surface area contributed by atoms with Gasteiger partial charge in [0, 0.05) is 36.9 Å². The Morgan fingerprint density at radius 3 is 2.73 bits per heavy atom. The van der Waals surface area contributed by atoms with Crippen LogP contribution in [0.1, 0.15) is 43.9 Å². The van der Waals surface area contributed by atoms with E-state index in [0.717, 1.165) is 30.2 Å². The van der Waals surface area contributed by atoms with Crippen LogP contribution in [0.3, 0.4) is 0 Å². The van der Waals surface area contributed by atoms with Crippen LogP contribution in [-0.2, 0) is 12.6 Å². The maximum absolute atomic E-state index is 10.8. The SMILES string of the molecule is CCNC(=NCC(C)(O)c1cnn(C)c1)NCC(c1cccc(Cl)c1)N1CCCC1. The first-order valence-electron chi connectivity index (χ1n) is 10.6. The van der Waals surface area contributed by atoms with Crippen molar-refractivity contribution in [3.05, 3.63) is 52.8 Å². The Balaban J connectivity index is 1.71. The average molecular weight is 433 g/mol. The minimum Gasteiger partial charge on any atom is -0.383 e. The van der Waals surface area contributed by atoms with E-state index in [0.29, 0.717) is 12.5 Å². The molecule has 1 aromatic carbocycles. The second-order valence-corrected chi connectivity index (χ2v) is 8.50. The summed E-state index contributed by atoms with van der Waals surface area (Å²) >= 11 is 6.26. The van der Waals surface area contributed by atoms with Crippen molar-refractivity contribution in [2.24, 2.45) is 12.0 Å². The normalized spacial score (nSPS) is 18.2. The van der Waals surface area contributed by atoms with Crippen LogP contribution in [0.25, 0.3) is 0 Å². The number of aliphatic imine (C=N–C) groups is 1. The molecule has 1 aromatic heterocycles. The first kappa shape index (κ1) is 22.6.